The highest BCUT2D eigenvalue weighted by Gasteiger charge is 2.38. The number of fused-ring (bicyclic) bond motifs is 4. The van der Waals surface area contributed by atoms with E-state index in [0.717, 1.165) is 77.4 Å². The third-order valence-electron chi connectivity index (χ3n) is 11.5. The largest absolute Gasteiger partial charge is 0.494 e. The second kappa shape index (κ2) is 16.4. The van der Waals surface area contributed by atoms with Gasteiger partial charge in [-0.2, -0.15) is 0 Å². The van der Waals surface area contributed by atoms with Crippen LogP contribution in [-0.2, 0) is 31.4 Å². The monoisotopic (exact) mass is 843 g/mol. The Morgan fingerprint density at radius 1 is 0.883 bits per heavy atom. The van der Waals surface area contributed by atoms with Gasteiger partial charge in [0.1, 0.15) is 23.7 Å². The quantitative estimate of drug-likeness (QED) is 0.122. The molecule has 0 spiro atoms. The zero-order valence-corrected chi connectivity index (χ0v) is 36.3. The predicted molar refractivity (Wildman–Crippen MR) is 238 cm³/mol. The van der Waals surface area contributed by atoms with E-state index >= 15 is 4.79 Å². The molecule has 1 aliphatic heterocycles. The number of anilines is 1. The van der Waals surface area contributed by atoms with E-state index in [2.05, 4.69) is 11.5 Å². The van der Waals surface area contributed by atoms with Gasteiger partial charge in [-0.25, -0.2) is 14.8 Å². The van der Waals surface area contributed by atoms with Crippen LogP contribution in [0.4, 0.5) is 5.69 Å². The summed E-state index contributed by atoms with van der Waals surface area (Å²) in [5, 5.41) is 13.0. The average Bonchev–Trinajstić information content (AvgIpc) is 3.72. The SMILES string of the molecule is Cc1cc(N2C[C@@H](C)n3c(c(CCCOc4cc(C)c(Cl)c(C)c4)c4ccc(Cl)c(-c5c(C)nc(COCc6ccccc6)nc5C)c43)C2=O)c2c(c1)cc(C(=O)O)n2C. The van der Waals surface area contributed by atoms with E-state index < -0.39 is 5.97 Å². The van der Waals surface area contributed by atoms with E-state index in [9.17, 15) is 9.90 Å². The lowest BCUT2D eigenvalue weighted by molar-refractivity contribution is 0.0687. The Kier molecular flexibility index (Phi) is 11.2. The lowest BCUT2D eigenvalue weighted by Crippen LogP contribution is -2.43. The summed E-state index contributed by atoms with van der Waals surface area (Å²) in [5.41, 5.74) is 10.8. The summed E-state index contributed by atoms with van der Waals surface area (Å²) in [6.45, 7) is 13.4. The predicted octanol–water partition coefficient (Wildman–Crippen LogP) is 11.1. The molecule has 308 valence electrons. The number of aromatic carboxylic acids is 1. The lowest BCUT2D eigenvalue weighted by atomic mass is 9.97. The smallest absolute Gasteiger partial charge is 0.352 e. The number of halogens is 2. The summed E-state index contributed by atoms with van der Waals surface area (Å²) in [6.07, 6.45) is 1.17. The molecule has 0 unspecified atom stereocenters. The molecule has 0 bridgehead atoms. The second-order valence-electron chi connectivity index (χ2n) is 15.9. The van der Waals surface area contributed by atoms with Crippen molar-refractivity contribution in [3.8, 4) is 16.9 Å². The van der Waals surface area contributed by atoms with Crippen LogP contribution in [0, 0.1) is 34.6 Å². The fraction of sp³-hybridized carbons (Fsp3) is 0.292. The van der Waals surface area contributed by atoms with E-state index in [1.807, 2.05) is 106 Å². The average molecular weight is 845 g/mol. The number of carbonyl (C=O) groups excluding carboxylic acids is 1. The number of nitrogens with zero attached hydrogens (tertiary/aromatic N) is 5. The highest BCUT2D eigenvalue weighted by Crippen LogP contribution is 2.45. The lowest BCUT2D eigenvalue weighted by Gasteiger charge is -2.35. The Morgan fingerprint density at radius 3 is 2.27 bits per heavy atom. The van der Waals surface area contributed by atoms with Crippen LogP contribution in [0.5, 0.6) is 5.75 Å². The molecule has 4 heterocycles. The van der Waals surface area contributed by atoms with Gasteiger partial charge in [0.25, 0.3) is 5.91 Å². The standard InChI is InChI=1S/C48H47Cl2N5O5/c1-26-18-33-22-39(48(57)58)53(7)44(33)38(19-26)54-23-29(4)55-45-36(35(46(55)47(54)56)14-11-17-60-34-20-27(2)43(50)28(3)21-34)15-16-37(49)42(45)41-30(5)51-40(52-31(41)6)25-59-24-32-12-9-8-10-13-32/h8-10,12-13,15-16,18-22,29H,11,14,17,23-25H2,1-7H3,(H,57,58)/t29-/m1/s1. The minimum absolute atomic E-state index is 0.149. The van der Waals surface area contributed by atoms with Gasteiger partial charge in [-0.3, -0.25) is 4.79 Å². The van der Waals surface area contributed by atoms with Crippen LogP contribution < -0.4 is 9.64 Å². The topological polar surface area (TPSA) is 112 Å². The van der Waals surface area contributed by atoms with Crippen LogP contribution in [0.1, 0.15) is 85.4 Å². The van der Waals surface area contributed by atoms with Gasteiger partial charge in [-0.05, 0) is 119 Å². The Labute approximate surface area is 359 Å². The van der Waals surface area contributed by atoms with Gasteiger partial charge < -0.3 is 28.6 Å². The maximum atomic E-state index is 15.3. The van der Waals surface area contributed by atoms with Gasteiger partial charge in [0, 0.05) is 57.9 Å². The van der Waals surface area contributed by atoms with Gasteiger partial charge in [0.2, 0.25) is 0 Å². The van der Waals surface area contributed by atoms with Crippen LogP contribution in [0.15, 0.2) is 72.8 Å². The Bertz CT molecular complexity index is 2800. The van der Waals surface area contributed by atoms with Crippen molar-refractivity contribution in [3.05, 3.63) is 139 Å². The van der Waals surface area contributed by atoms with Gasteiger partial charge in [0.05, 0.1) is 35.0 Å². The number of aryl methyl sites for hydroxylation is 7. The Balaban J connectivity index is 1.24. The van der Waals surface area contributed by atoms with E-state index in [1.54, 1.807) is 17.7 Å². The van der Waals surface area contributed by atoms with E-state index in [1.165, 1.54) is 0 Å². The first-order chi connectivity index (χ1) is 28.7. The molecule has 1 atom stereocenters. The van der Waals surface area contributed by atoms with Gasteiger partial charge >= 0.3 is 5.97 Å². The normalized spacial score (nSPS) is 14.1. The van der Waals surface area contributed by atoms with Crippen LogP contribution in [-0.4, -0.2) is 49.2 Å². The number of carboxylic acids is 1. The van der Waals surface area contributed by atoms with Crippen LogP contribution >= 0.6 is 23.2 Å². The molecule has 10 nitrogen and oxygen atoms in total. The number of amides is 1. The molecule has 8 rings (SSSR count). The minimum Gasteiger partial charge on any atom is -0.494 e. The molecular weight excluding hydrogens is 797 g/mol. The first-order valence-electron chi connectivity index (χ1n) is 20.1. The molecular formula is C48H47Cl2N5O5. The third-order valence-corrected chi connectivity index (χ3v) is 12.4. The molecule has 0 fully saturated rings. The van der Waals surface area contributed by atoms with Crippen molar-refractivity contribution in [2.45, 2.75) is 73.6 Å². The Hall–Kier alpha value is -5.68. The highest BCUT2D eigenvalue weighted by atomic mass is 35.5. The number of carbonyl (C=O) groups is 2. The molecule has 7 aromatic rings. The first-order valence-corrected chi connectivity index (χ1v) is 20.8. The highest BCUT2D eigenvalue weighted by molar-refractivity contribution is 6.35. The molecule has 1 aliphatic rings. The minimum atomic E-state index is -1.03. The maximum Gasteiger partial charge on any atom is 0.352 e. The molecule has 60 heavy (non-hydrogen) atoms. The molecule has 3 aromatic heterocycles. The van der Waals surface area contributed by atoms with Crippen molar-refractivity contribution >= 4 is 62.6 Å². The zero-order valence-electron chi connectivity index (χ0n) is 34.8. The number of benzene rings is 4. The number of hydrogen-bond acceptors (Lipinski definition) is 6. The van der Waals surface area contributed by atoms with Crippen molar-refractivity contribution < 1.29 is 24.2 Å². The number of aromatic nitrogens is 4. The third kappa shape index (κ3) is 7.42. The van der Waals surface area contributed by atoms with E-state index in [4.69, 9.17) is 42.6 Å². The molecule has 12 heteroatoms. The summed E-state index contributed by atoms with van der Waals surface area (Å²) in [5.74, 6) is 0.116. The number of hydrogen-bond donors (Lipinski definition) is 1. The van der Waals surface area contributed by atoms with Crippen molar-refractivity contribution in [2.75, 3.05) is 18.1 Å². The van der Waals surface area contributed by atoms with E-state index in [0.29, 0.717) is 60.3 Å². The fourth-order valence-electron chi connectivity index (χ4n) is 8.89. The molecule has 0 saturated carbocycles. The number of carboxylic acid groups (broad SMARTS) is 1. The molecule has 1 amide bonds. The van der Waals surface area contributed by atoms with E-state index in [-0.39, 0.29) is 24.2 Å². The van der Waals surface area contributed by atoms with Crippen molar-refractivity contribution in [3.63, 3.8) is 0 Å². The number of ether oxygens (including phenoxy) is 2. The molecule has 0 saturated heterocycles. The Morgan fingerprint density at radius 2 is 1.58 bits per heavy atom. The van der Waals surface area contributed by atoms with Gasteiger partial charge in [-0.15, -0.1) is 0 Å². The van der Waals surface area contributed by atoms with Crippen LogP contribution in [0.25, 0.3) is 32.9 Å². The summed E-state index contributed by atoms with van der Waals surface area (Å²) >= 11 is 13.7. The first kappa shape index (κ1) is 41.1. The number of rotatable bonds is 12. The van der Waals surface area contributed by atoms with Crippen molar-refractivity contribution in [1.82, 2.24) is 19.1 Å². The summed E-state index contributed by atoms with van der Waals surface area (Å²) in [6, 6.07) is 23.2. The summed E-state index contributed by atoms with van der Waals surface area (Å²) < 4.78 is 16.1. The maximum absolute atomic E-state index is 15.3. The molecule has 4 aromatic carbocycles. The van der Waals surface area contributed by atoms with Crippen LogP contribution in [0.3, 0.4) is 0 Å². The van der Waals surface area contributed by atoms with Gasteiger partial charge in [-0.1, -0.05) is 59.6 Å². The second-order valence-corrected chi connectivity index (χ2v) is 16.7. The fourth-order valence-corrected chi connectivity index (χ4v) is 9.24. The van der Waals surface area contributed by atoms with Crippen LogP contribution in [0.2, 0.25) is 10.0 Å². The van der Waals surface area contributed by atoms with Crippen molar-refractivity contribution in [1.29, 1.82) is 0 Å². The molecule has 0 radical (unpaired) electrons. The van der Waals surface area contributed by atoms with Gasteiger partial charge in [0.15, 0.2) is 5.82 Å². The zero-order chi connectivity index (χ0) is 42.6. The molecule has 1 N–H and O–H groups in total. The summed E-state index contributed by atoms with van der Waals surface area (Å²) in [7, 11) is 1.73. The summed E-state index contributed by atoms with van der Waals surface area (Å²) in [4.78, 5) is 39.2. The molecule has 0 aliphatic carbocycles. The van der Waals surface area contributed by atoms with Crippen molar-refractivity contribution in [2.24, 2.45) is 7.05 Å².